The maximum Gasteiger partial charge on any atom is 0.123 e. The van der Waals surface area contributed by atoms with Crippen LogP contribution in [0.15, 0.2) is 18.2 Å². The second-order valence-electron chi connectivity index (χ2n) is 5.15. The molecule has 0 aromatic heterocycles. The van der Waals surface area contributed by atoms with Crippen molar-refractivity contribution in [3.8, 4) is 5.75 Å². The monoisotopic (exact) mass is 298 g/mol. The Balaban J connectivity index is 1.97. The first kappa shape index (κ1) is 15.6. The van der Waals surface area contributed by atoms with Gasteiger partial charge in [-0.3, -0.25) is 9.80 Å². The fraction of sp³-hybridized carbons (Fsp3) is 0.600. The Labute approximate surface area is 125 Å². The molecule has 0 bridgehead atoms. The van der Waals surface area contributed by atoms with Crippen LogP contribution in [-0.2, 0) is 6.54 Å². The van der Waals surface area contributed by atoms with Crippen LogP contribution < -0.4 is 4.74 Å². The van der Waals surface area contributed by atoms with Crippen molar-refractivity contribution in [1.29, 1.82) is 0 Å². The Hall–Kier alpha value is -0.810. The van der Waals surface area contributed by atoms with Gasteiger partial charge in [0.05, 0.1) is 13.7 Å². The highest BCUT2D eigenvalue weighted by atomic mass is 35.5. The van der Waals surface area contributed by atoms with Gasteiger partial charge in [-0.15, -0.1) is 0 Å². The summed E-state index contributed by atoms with van der Waals surface area (Å²) in [4.78, 5) is 4.74. The number of hydrogen-bond donors (Lipinski definition) is 1. The predicted octanol–water partition coefficient (Wildman–Crippen LogP) is 1.85. The maximum atomic E-state index is 9.02. The Kier molecular flexibility index (Phi) is 6.10. The van der Waals surface area contributed by atoms with Crippen LogP contribution >= 0.6 is 11.6 Å². The number of nitrogens with zero attached hydrogens (tertiary/aromatic N) is 2. The number of β-amino-alcohol motifs (C(OH)–C–C–N with tert-alkyl or cyclic N) is 1. The Morgan fingerprint density at radius 2 is 1.95 bits per heavy atom. The molecule has 112 valence electrons. The predicted molar refractivity (Wildman–Crippen MR) is 81.4 cm³/mol. The van der Waals surface area contributed by atoms with Gasteiger partial charge in [0.1, 0.15) is 5.75 Å². The van der Waals surface area contributed by atoms with E-state index in [-0.39, 0.29) is 6.61 Å². The Morgan fingerprint density at radius 1 is 1.20 bits per heavy atom. The fourth-order valence-electron chi connectivity index (χ4n) is 2.66. The first-order valence-electron chi connectivity index (χ1n) is 7.11. The van der Waals surface area contributed by atoms with Crippen molar-refractivity contribution in [1.82, 2.24) is 9.80 Å². The van der Waals surface area contributed by atoms with E-state index < -0.39 is 0 Å². The van der Waals surface area contributed by atoms with Gasteiger partial charge in [-0.05, 0) is 37.7 Å². The first-order valence-corrected chi connectivity index (χ1v) is 7.48. The van der Waals surface area contributed by atoms with Gasteiger partial charge < -0.3 is 9.84 Å². The van der Waals surface area contributed by atoms with E-state index in [9.17, 15) is 0 Å². The third kappa shape index (κ3) is 4.35. The number of aliphatic hydroxyl groups is 1. The van der Waals surface area contributed by atoms with Gasteiger partial charge in [-0.1, -0.05) is 11.6 Å². The summed E-state index contributed by atoms with van der Waals surface area (Å²) >= 11 is 6.08. The van der Waals surface area contributed by atoms with Gasteiger partial charge in [0.15, 0.2) is 0 Å². The molecule has 20 heavy (non-hydrogen) atoms. The largest absolute Gasteiger partial charge is 0.496 e. The molecule has 0 aliphatic carbocycles. The van der Waals surface area contributed by atoms with Crippen molar-refractivity contribution in [2.24, 2.45) is 0 Å². The number of hydrogen-bond acceptors (Lipinski definition) is 4. The molecule has 0 saturated carbocycles. The topological polar surface area (TPSA) is 35.9 Å². The minimum absolute atomic E-state index is 0.238. The number of benzene rings is 1. The zero-order valence-corrected chi connectivity index (χ0v) is 12.8. The molecule has 2 rings (SSSR count). The molecule has 1 aromatic rings. The summed E-state index contributed by atoms with van der Waals surface area (Å²) < 4.78 is 5.40. The van der Waals surface area contributed by atoms with E-state index >= 15 is 0 Å². The van der Waals surface area contributed by atoms with Gasteiger partial charge in [0.25, 0.3) is 0 Å². The highest BCUT2D eigenvalue weighted by molar-refractivity contribution is 6.30. The molecular weight excluding hydrogens is 276 g/mol. The summed E-state index contributed by atoms with van der Waals surface area (Å²) in [6.45, 7) is 6.01. The fourth-order valence-corrected chi connectivity index (χ4v) is 2.85. The molecule has 1 aliphatic rings. The third-order valence-electron chi connectivity index (χ3n) is 3.73. The lowest BCUT2D eigenvalue weighted by Gasteiger charge is -2.22. The first-order chi connectivity index (χ1) is 9.72. The third-order valence-corrected chi connectivity index (χ3v) is 3.97. The molecule has 4 nitrogen and oxygen atoms in total. The number of ether oxygens (including phenoxy) is 1. The molecule has 1 aromatic carbocycles. The molecule has 0 radical (unpaired) electrons. The standard InChI is InChI=1S/C15H23ClN2O2/c1-20-15-4-3-14(16)11-13(15)12-18-6-2-5-17(7-8-18)9-10-19/h3-4,11,19H,2,5-10,12H2,1H3. The number of methoxy groups -OCH3 is 1. The summed E-state index contributed by atoms with van der Waals surface area (Å²) in [5.74, 6) is 0.894. The van der Waals surface area contributed by atoms with Crippen molar-refractivity contribution >= 4 is 11.6 Å². The summed E-state index contributed by atoms with van der Waals surface area (Å²) in [7, 11) is 1.69. The molecule has 1 aliphatic heterocycles. The smallest absolute Gasteiger partial charge is 0.123 e. The van der Waals surface area contributed by atoms with Crippen LogP contribution in [0, 0.1) is 0 Å². The van der Waals surface area contributed by atoms with Gasteiger partial charge >= 0.3 is 0 Å². The molecule has 1 heterocycles. The summed E-state index contributed by atoms with van der Waals surface area (Å²) in [5.41, 5.74) is 1.13. The van der Waals surface area contributed by atoms with E-state index in [0.29, 0.717) is 0 Å². The van der Waals surface area contributed by atoms with Crippen LogP contribution in [0.1, 0.15) is 12.0 Å². The van der Waals surface area contributed by atoms with E-state index in [1.54, 1.807) is 7.11 Å². The van der Waals surface area contributed by atoms with Crippen molar-refractivity contribution in [2.45, 2.75) is 13.0 Å². The highest BCUT2D eigenvalue weighted by Gasteiger charge is 2.16. The zero-order chi connectivity index (χ0) is 14.4. The van der Waals surface area contributed by atoms with Crippen LogP contribution in [-0.4, -0.2) is 61.3 Å². The van der Waals surface area contributed by atoms with Crippen LogP contribution in [0.2, 0.25) is 5.02 Å². The summed E-state index contributed by atoms with van der Waals surface area (Å²) in [6, 6.07) is 5.76. The summed E-state index contributed by atoms with van der Waals surface area (Å²) in [6.07, 6.45) is 1.13. The Bertz CT molecular complexity index is 428. The van der Waals surface area contributed by atoms with Crippen LogP contribution in [0.25, 0.3) is 0 Å². The van der Waals surface area contributed by atoms with Gasteiger partial charge in [-0.25, -0.2) is 0 Å². The minimum atomic E-state index is 0.238. The van der Waals surface area contributed by atoms with Crippen LogP contribution in [0.5, 0.6) is 5.75 Å². The van der Waals surface area contributed by atoms with Crippen LogP contribution in [0.4, 0.5) is 0 Å². The molecule has 0 unspecified atom stereocenters. The maximum absolute atomic E-state index is 9.02. The number of rotatable bonds is 5. The summed E-state index contributed by atoms with van der Waals surface area (Å²) in [5, 5.41) is 9.77. The number of aliphatic hydroxyl groups excluding tert-OH is 1. The van der Waals surface area contributed by atoms with Gasteiger partial charge in [0, 0.05) is 36.8 Å². The van der Waals surface area contributed by atoms with E-state index in [1.165, 1.54) is 0 Å². The molecular formula is C15H23ClN2O2. The van der Waals surface area contributed by atoms with E-state index in [0.717, 1.165) is 62.0 Å². The highest BCUT2D eigenvalue weighted by Crippen LogP contribution is 2.24. The molecule has 1 N–H and O–H groups in total. The average molecular weight is 299 g/mol. The SMILES string of the molecule is COc1ccc(Cl)cc1CN1CCCN(CCO)CC1. The lowest BCUT2D eigenvalue weighted by molar-refractivity contribution is 0.195. The van der Waals surface area contributed by atoms with Crippen molar-refractivity contribution in [3.63, 3.8) is 0 Å². The number of halogens is 1. The molecule has 0 amide bonds. The van der Waals surface area contributed by atoms with E-state index in [2.05, 4.69) is 9.80 Å². The average Bonchev–Trinajstić information content (AvgIpc) is 2.65. The minimum Gasteiger partial charge on any atom is -0.496 e. The van der Waals surface area contributed by atoms with Gasteiger partial charge in [0.2, 0.25) is 0 Å². The van der Waals surface area contributed by atoms with Gasteiger partial charge in [-0.2, -0.15) is 0 Å². The quantitative estimate of drug-likeness (QED) is 0.900. The second kappa shape index (κ2) is 7.84. The second-order valence-corrected chi connectivity index (χ2v) is 5.59. The molecule has 0 atom stereocenters. The lowest BCUT2D eigenvalue weighted by Crippen LogP contribution is -2.32. The van der Waals surface area contributed by atoms with Crippen molar-refractivity contribution in [3.05, 3.63) is 28.8 Å². The zero-order valence-electron chi connectivity index (χ0n) is 12.0. The molecule has 5 heteroatoms. The lowest BCUT2D eigenvalue weighted by atomic mass is 10.2. The van der Waals surface area contributed by atoms with Crippen molar-refractivity contribution in [2.75, 3.05) is 46.4 Å². The molecule has 1 saturated heterocycles. The molecule has 1 fully saturated rings. The Morgan fingerprint density at radius 3 is 2.70 bits per heavy atom. The van der Waals surface area contributed by atoms with E-state index in [1.807, 2.05) is 18.2 Å². The normalized spacial score (nSPS) is 17.9. The molecule has 0 spiro atoms. The van der Waals surface area contributed by atoms with E-state index in [4.69, 9.17) is 21.4 Å². The van der Waals surface area contributed by atoms with Crippen LogP contribution in [0.3, 0.4) is 0 Å². The van der Waals surface area contributed by atoms with Crippen molar-refractivity contribution < 1.29 is 9.84 Å².